The van der Waals surface area contributed by atoms with E-state index in [0.29, 0.717) is 5.69 Å². The summed E-state index contributed by atoms with van der Waals surface area (Å²) in [6.45, 7) is 0. The Morgan fingerprint density at radius 1 is 1.21 bits per heavy atom. The summed E-state index contributed by atoms with van der Waals surface area (Å²) in [7, 11) is -0.446. The van der Waals surface area contributed by atoms with Crippen LogP contribution in [-0.4, -0.2) is 32.0 Å². The van der Waals surface area contributed by atoms with Gasteiger partial charge in [-0.25, -0.2) is 12.7 Å². The molecule has 1 rings (SSSR count). The first-order valence-electron chi connectivity index (χ1n) is 3.91. The summed E-state index contributed by atoms with van der Waals surface area (Å²) in [5, 5.41) is 8.53. The third-order valence-corrected chi connectivity index (χ3v) is 3.59. The molecule has 0 amide bonds. The highest BCUT2D eigenvalue weighted by molar-refractivity contribution is 7.89. The fourth-order valence-electron chi connectivity index (χ4n) is 0.912. The van der Waals surface area contributed by atoms with Crippen molar-refractivity contribution in [2.75, 3.05) is 19.6 Å². The molecule has 0 spiro atoms. The summed E-state index contributed by atoms with van der Waals surface area (Å²) in [6.07, 6.45) is 0. The summed E-state index contributed by atoms with van der Waals surface area (Å²) >= 11 is 0. The smallest absolute Gasteiger partial charge is 0.242 e. The van der Waals surface area contributed by atoms with Crippen LogP contribution in [0.15, 0.2) is 29.2 Å². The van der Waals surface area contributed by atoms with Gasteiger partial charge in [-0.15, -0.1) is 0 Å². The van der Waals surface area contributed by atoms with E-state index in [4.69, 9.17) is 5.21 Å². The molecule has 0 atom stereocenters. The molecule has 0 unspecified atom stereocenters. The highest BCUT2D eigenvalue weighted by atomic mass is 32.2. The Morgan fingerprint density at radius 2 is 1.71 bits per heavy atom. The Labute approximate surface area is 83.0 Å². The minimum atomic E-state index is -3.38. The maximum absolute atomic E-state index is 11.6. The van der Waals surface area contributed by atoms with Crippen LogP contribution in [0, 0.1) is 0 Å². The monoisotopic (exact) mass is 216 g/mol. The lowest BCUT2D eigenvalue weighted by Crippen LogP contribution is -2.22. The third kappa shape index (κ3) is 2.03. The molecule has 1 aromatic carbocycles. The number of hydrogen-bond acceptors (Lipinski definition) is 4. The van der Waals surface area contributed by atoms with Crippen LogP contribution < -0.4 is 5.48 Å². The summed E-state index contributed by atoms with van der Waals surface area (Å²) < 4.78 is 24.3. The lowest BCUT2D eigenvalue weighted by molar-refractivity contribution is 0.389. The zero-order chi connectivity index (χ0) is 10.8. The Bertz CT molecular complexity index is 397. The largest absolute Gasteiger partial charge is 0.291 e. The van der Waals surface area contributed by atoms with Gasteiger partial charge in [0.25, 0.3) is 0 Å². The number of benzene rings is 1. The number of nitrogens with zero attached hydrogens (tertiary/aromatic N) is 1. The number of rotatable bonds is 3. The fraction of sp³-hybridized carbons (Fsp3) is 0.250. The Hall–Kier alpha value is -1.11. The van der Waals surface area contributed by atoms with Crippen molar-refractivity contribution in [3.8, 4) is 0 Å². The second-order valence-electron chi connectivity index (χ2n) is 2.92. The SMILES string of the molecule is CN(C)S(=O)(=O)c1ccc(NO)cc1. The Kier molecular flexibility index (Phi) is 3.10. The second-order valence-corrected chi connectivity index (χ2v) is 5.08. The van der Waals surface area contributed by atoms with Crippen LogP contribution in [0.4, 0.5) is 5.69 Å². The molecule has 0 saturated carbocycles. The summed E-state index contributed by atoms with van der Waals surface area (Å²) in [4.78, 5) is 0.196. The van der Waals surface area contributed by atoms with Gasteiger partial charge in [0.1, 0.15) is 0 Å². The van der Waals surface area contributed by atoms with Crippen molar-refractivity contribution in [1.29, 1.82) is 0 Å². The lowest BCUT2D eigenvalue weighted by Gasteiger charge is -2.11. The van der Waals surface area contributed by atoms with E-state index < -0.39 is 10.0 Å². The van der Waals surface area contributed by atoms with Crippen LogP contribution in [-0.2, 0) is 10.0 Å². The third-order valence-electron chi connectivity index (χ3n) is 1.76. The van der Waals surface area contributed by atoms with E-state index >= 15 is 0 Å². The van der Waals surface area contributed by atoms with Crippen molar-refractivity contribution >= 4 is 15.7 Å². The first-order chi connectivity index (χ1) is 6.48. The molecule has 0 aliphatic rings. The van der Waals surface area contributed by atoms with Gasteiger partial charge in [-0.1, -0.05) is 0 Å². The molecule has 0 aromatic heterocycles. The van der Waals surface area contributed by atoms with E-state index in [9.17, 15) is 8.42 Å². The van der Waals surface area contributed by atoms with Crippen LogP contribution in [0.3, 0.4) is 0 Å². The minimum Gasteiger partial charge on any atom is -0.291 e. The van der Waals surface area contributed by atoms with E-state index in [-0.39, 0.29) is 4.90 Å². The van der Waals surface area contributed by atoms with E-state index in [1.807, 2.05) is 5.48 Å². The fourth-order valence-corrected chi connectivity index (χ4v) is 1.81. The van der Waals surface area contributed by atoms with Gasteiger partial charge in [0, 0.05) is 14.1 Å². The predicted molar refractivity (Wildman–Crippen MR) is 52.7 cm³/mol. The average Bonchev–Trinajstić information content (AvgIpc) is 2.17. The van der Waals surface area contributed by atoms with Crippen LogP contribution in [0.2, 0.25) is 0 Å². The molecule has 6 heteroatoms. The quantitative estimate of drug-likeness (QED) is 0.731. The van der Waals surface area contributed by atoms with Gasteiger partial charge in [0.2, 0.25) is 10.0 Å². The maximum Gasteiger partial charge on any atom is 0.242 e. The van der Waals surface area contributed by atoms with Crippen molar-refractivity contribution in [2.24, 2.45) is 0 Å². The molecular formula is C8H12N2O3S. The maximum atomic E-state index is 11.6. The van der Waals surface area contributed by atoms with E-state index in [1.165, 1.54) is 38.4 Å². The normalized spacial score (nSPS) is 11.7. The summed E-state index contributed by atoms with van der Waals surface area (Å²) in [5.41, 5.74) is 2.37. The van der Waals surface area contributed by atoms with Crippen molar-refractivity contribution in [3.05, 3.63) is 24.3 Å². The van der Waals surface area contributed by atoms with Crippen molar-refractivity contribution in [3.63, 3.8) is 0 Å². The molecule has 0 bridgehead atoms. The topological polar surface area (TPSA) is 69.6 Å². The van der Waals surface area contributed by atoms with Crippen molar-refractivity contribution in [2.45, 2.75) is 4.90 Å². The molecule has 0 fully saturated rings. The molecule has 0 radical (unpaired) electrons. The summed E-state index contributed by atoms with van der Waals surface area (Å²) in [5.74, 6) is 0. The van der Waals surface area contributed by atoms with Gasteiger partial charge >= 0.3 is 0 Å². The Balaban J connectivity index is 3.10. The number of sulfonamides is 1. The molecule has 78 valence electrons. The van der Waals surface area contributed by atoms with Crippen LogP contribution >= 0.6 is 0 Å². The van der Waals surface area contributed by atoms with E-state index in [2.05, 4.69) is 0 Å². The van der Waals surface area contributed by atoms with Gasteiger partial charge in [-0.2, -0.15) is 0 Å². The summed E-state index contributed by atoms with van der Waals surface area (Å²) in [6, 6.07) is 5.81. The zero-order valence-electron chi connectivity index (χ0n) is 7.93. The molecular weight excluding hydrogens is 204 g/mol. The number of anilines is 1. The average molecular weight is 216 g/mol. The predicted octanol–water partition coefficient (Wildman–Crippen LogP) is 0.738. The first kappa shape index (κ1) is 11.0. The van der Waals surface area contributed by atoms with Gasteiger partial charge in [0.15, 0.2) is 0 Å². The van der Waals surface area contributed by atoms with Crippen LogP contribution in [0.5, 0.6) is 0 Å². The molecule has 0 saturated heterocycles. The first-order valence-corrected chi connectivity index (χ1v) is 5.35. The van der Waals surface area contributed by atoms with Crippen LogP contribution in [0.1, 0.15) is 0 Å². The van der Waals surface area contributed by atoms with E-state index in [1.54, 1.807) is 0 Å². The molecule has 1 aromatic rings. The second kappa shape index (κ2) is 3.95. The molecule has 14 heavy (non-hydrogen) atoms. The number of hydrogen-bond donors (Lipinski definition) is 2. The molecule has 0 aliphatic heterocycles. The zero-order valence-corrected chi connectivity index (χ0v) is 8.75. The highest BCUT2D eigenvalue weighted by Gasteiger charge is 2.16. The number of nitrogens with one attached hydrogen (secondary N) is 1. The van der Waals surface area contributed by atoms with Gasteiger partial charge < -0.3 is 0 Å². The lowest BCUT2D eigenvalue weighted by atomic mass is 10.3. The van der Waals surface area contributed by atoms with E-state index in [0.717, 1.165) is 4.31 Å². The van der Waals surface area contributed by atoms with Gasteiger partial charge in [-0.05, 0) is 24.3 Å². The standard InChI is InChI=1S/C8H12N2O3S/c1-10(2)14(12,13)8-5-3-7(9-11)4-6-8/h3-6,9,11H,1-2H3. The van der Waals surface area contributed by atoms with Crippen molar-refractivity contribution < 1.29 is 13.6 Å². The van der Waals surface area contributed by atoms with Crippen molar-refractivity contribution in [1.82, 2.24) is 4.31 Å². The minimum absolute atomic E-state index is 0.196. The highest BCUT2D eigenvalue weighted by Crippen LogP contribution is 2.15. The van der Waals surface area contributed by atoms with Gasteiger partial charge in [0.05, 0.1) is 10.6 Å². The molecule has 0 heterocycles. The molecule has 5 nitrogen and oxygen atoms in total. The molecule has 2 N–H and O–H groups in total. The van der Waals surface area contributed by atoms with Crippen LogP contribution in [0.25, 0.3) is 0 Å². The Morgan fingerprint density at radius 3 is 2.07 bits per heavy atom. The van der Waals surface area contributed by atoms with Gasteiger partial charge in [-0.3, -0.25) is 10.7 Å². The molecule has 0 aliphatic carbocycles.